The van der Waals surface area contributed by atoms with Gasteiger partial charge in [0.25, 0.3) is 0 Å². The summed E-state index contributed by atoms with van der Waals surface area (Å²) in [5, 5.41) is 18.5. The molecule has 1 aliphatic heterocycles. The topological polar surface area (TPSA) is 60.8 Å². The Morgan fingerprint density at radius 1 is 1.24 bits per heavy atom. The van der Waals surface area contributed by atoms with Gasteiger partial charge in [-0.25, -0.2) is 0 Å². The first kappa shape index (κ1) is 12.3. The van der Waals surface area contributed by atoms with E-state index in [1.54, 1.807) is 0 Å². The second-order valence-corrected chi connectivity index (χ2v) is 5.24. The lowest BCUT2D eigenvalue weighted by molar-refractivity contribution is 0.0937. The number of hydrogen-bond acceptors (Lipinski definition) is 5. The molecule has 2 N–H and O–H groups in total. The monoisotopic (exact) mass is 253 g/mol. The molecule has 1 aromatic rings. The van der Waals surface area contributed by atoms with Gasteiger partial charge in [0.05, 0.1) is 6.54 Å². The number of phenolic OH excluding ortho intramolecular Hbond substituents is 2. The number of phenols is 2. The van der Waals surface area contributed by atoms with Gasteiger partial charge < -0.3 is 10.2 Å². The molecule has 2 rings (SSSR count). The molecule has 0 saturated carbocycles. The van der Waals surface area contributed by atoms with Crippen molar-refractivity contribution < 1.29 is 15.0 Å². The van der Waals surface area contributed by atoms with Gasteiger partial charge in [-0.05, 0) is 18.2 Å². The van der Waals surface area contributed by atoms with E-state index in [0.29, 0.717) is 12.1 Å². The molecule has 0 unspecified atom stereocenters. The number of carbonyl (C=O) groups is 1. The summed E-state index contributed by atoms with van der Waals surface area (Å²) < 4.78 is 0. The fourth-order valence-electron chi connectivity index (χ4n) is 1.75. The molecule has 0 bridgehead atoms. The third kappa shape index (κ3) is 3.14. The minimum Gasteiger partial charge on any atom is -0.504 e. The Kier molecular flexibility index (Phi) is 3.91. The van der Waals surface area contributed by atoms with E-state index in [2.05, 4.69) is 4.90 Å². The summed E-state index contributed by atoms with van der Waals surface area (Å²) in [6.07, 6.45) is 0. The zero-order valence-corrected chi connectivity index (χ0v) is 10.2. The summed E-state index contributed by atoms with van der Waals surface area (Å²) in [7, 11) is 0. The van der Waals surface area contributed by atoms with Gasteiger partial charge >= 0.3 is 0 Å². The number of hydrogen-bond donors (Lipinski definition) is 2. The first-order chi connectivity index (χ1) is 8.16. The number of Topliss-reactive ketones (excluding diaryl/α,β-unsaturated/α-hetero) is 1. The van der Waals surface area contributed by atoms with Crippen molar-refractivity contribution >= 4 is 17.5 Å². The van der Waals surface area contributed by atoms with E-state index in [1.807, 2.05) is 11.8 Å². The normalized spacial score (nSPS) is 16.9. The van der Waals surface area contributed by atoms with E-state index in [1.165, 1.54) is 18.2 Å². The Morgan fingerprint density at radius 2 is 1.94 bits per heavy atom. The molecule has 1 fully saturated rings. The molecule has 0 aromatic heterocycles. The van der Waals surface area contributed by atoms with Crippen molar-refractivity contribution in [3.05, 3.63) is 23.8 Å². The molecular weight excluding hydrogens is 238 g/mol. The lowest BCUT2D eigenvalue weighted by atomic mass is 10.1. The number of nitrogens with zero attached hydrogens (tertiary/aromatic N) is 1. The molecule has 0 atom stereocenters. The van der Waals surface area contributed by atoms with Crippen LogP contribution in [0.1, 0.15) is 10.4 Å². The predicted octanol–water partition coefficient (Wildman–Crippen LogP) is 1.33. The minimum absolute atomic E-state index is 0.0211. The largest absolute Gasteiger partial charge is 0.504 e. The van der Waals surface area contributed by atoms with Crippen LogP contribution in [0, 0.1) is 0 Å². The van der Waals surface area contributed by atoms with E-state index in [4.69, 9.17) is 0 Å². The third-order valence-corrected chi connectivity index (χ3v) is 3.71. The zero-order chi connectivity index (χ0) is 12.3. The summed E-state index contributed by atoms with van der Waals surface area (Å²) in [4.78, 5) is 14.0. The van der Waals surface area contributed by atoms with Crippen LogP contribution in [0.15, 0.2) is 18.2 Å². The number of thioether (sulfide) groups is 1. The summed E-state index contributed by atoms with van der Waals surface area (Å²) in [6, 6.07) is 4.20. The molecular formula is C12H15NO3S. The van der Waals surface area contributed by atoms with Crippen molar-refractivity contribution in [2.75, 3.05) is 31.1 Å². The lowest BCUT2D eigenvalue weighted by Crippen LogP contribution is -2.36. The van der Waals surface area contributed by atoms with Crippen LogP contribution in [-0.2, 0) is 0 Å². The molecule has 5 heteroatoms. The van der Waals surface area contributed by atoms with Crippen molar-refractivity contribution in [3.8, 4) is 11.5 Å². The van der Waals surface area contributed by atoms with Gasteiger partial charge in [0.15, 0.2) is 17.3 Å². The first-order valence-corrected chi connectivity index (χ1v) is 6.67. The highest BCUT2D eigenvalue weighted by Gasteiger charge is 2.16. The summed E-state index contributed by atoms with van der Waals surface area (Å²) in [5.74, 6) is 1.66. The molecule has 4 nitrogen and oxygen atoms in total. The molecule has 92 valence electrons. The van der Waals surface area contributed by atoms with E-state index in [-0.39, 0.29) is 17.3 Å². The second-order valence-electron chi connectivity index (χ2n) is 4.02. The highest BCUT2D eigenvalue weighted by Crippen LogP contribution is 2.25. The Hall–Kier alpha value is -1.20. The lowest BCUT2D eigenvalue weighted by Gasteiger charge is -2.25. The Labute approximate surface area is 104 Å². The van der Waals surface area contributed by atoms with Crippen LogP contribution < -0.4 is 0 Å². The number of benzene rings is 1. The van der Waals surface area contributed by atoms with Gasteiger partial charge in [-0.1, -0.05) is 0 Å². The minimum atomic E-state index is -0.245. The number of rotatable bonds is 3. The van der Waals surface area contributed by atoms with Crippen molar-refractivity contribution in [2.45, 2.75) is 0 Å². The van der Waals surface area contributed by atoms with Crippen LogP contribution >= 0.6 is 11.8 Å². The Balaban J connectivity index is 2.01. The molecule has 0 spiro atoms. The van der Waals surface area contributed by atoms with Crippen molar-refractivity contribution in [1.29, 1.82) is 0 Å². The first-order valence-electron chi connectivity index (χ1n) is 5.52. The van der Waals surface area contributed by atoms with Crippen LogP contribution in [0.25, 0.3) is 0 Å². The SMILES string of the molecule is O=C(CN1CCSCC1)c1ccc(O)c(O)c1. The molecule has 0 amide bonds. The van der Waals surface area contributed by atoms with Gasteiger partial charge in [0.1, 0.15) is 0 Å². The summed E-state index contributed by atoms with van der Waals surface area (Å²) in [6.45, 7) is 2.24. The Morgan fingerprint density at radius 3 is 2.59 bits per heavy atom. The quantitative estimate of drug-likeness (QED) is 0.628. The van der Waals surface area contributed by atoms with E-state index >= 15 is 0 Å². The van der Waals surface area contributed by atoms with E-state index in [0.717, 1.165) is 24.6 Å². The summed E-state index contributed by atoms with van der Waals surface area (Å²) >= 11 is 1.90. The number of carbonyl (C=O) groups excluding carboxylic acids is 1. The van der Waals surface area contributed by atoms with Gasteiger partial charge in [-0.2, -0.15) is 11.8 Å². The van der Waals surface area contributed by atoms with Crippen LogP contribution in [0.5, 0.6) is 11.5 Å². The van der Waals surface area contributed by atoms with Gasteiger partial charge in [0.2, 0.25) is 0 Å². The smallest absolute Gasteiger partial charge is 0.176 e. The third-order valence-electron chi connectivity index (χ3n) is 2.77. The van der Waals surface area contributed by atoms with Crippen LogP contribution in [0.4, 0.5) is 0 Å². The van der Waals surface area contributed by atoms with Crippen LogP contribution in [0.2, 0.25) is 0 Å². The van der Waals surface area contributed by atoms with Crippen LogP contribution in [0.3, 0.4) is 0 Å². The predicted molar refractivity (Wildman–Crippen MR) is 67.9 cm³/mol. The molecule has 17 heavy (non-hydrogen) atoms. The van der Waals surface area contributed by atoms with Gasteiger partial charge in [0, 0.05) is 30.2 Å². The van der Waals surface area contributed by atoms with Gasteiger partial charge in [-0.3, -0.25) is 9.69 Å². The Bertz CT molecular complexity index is 416. The number of ketones is 1. The maximum atomic E-state index is 11.9. The van der Waals surface area contributed by atoms with E-state index < -0.39 is 0 Å². The highest BCUT2D eigenvalue weighted by atomic mass is 32.2. The standard InChI is InChI=1S/C12H15NO3S/c14-10-2-1-9(7-11(10)15)12(16)8-13-3-5-17-6-4-13/h1-2,7,14-15H,3-6,8H2. The molecule has 0 radical (unpaired) electrons. The average molecular weight is 253 g/mol. The van der Waals surface area contributed by atoms with Crippen molar-refractivity contribution in [3.63, 3.8) is 0 Å². The van der Waals surface area contributed by atoms with Crippen molar-refractivity contribution in [1.82, 2.24) is 4.90 Å². The summed E-state index contributed by atoms with van der Waals surface area (Å²) in [5.41, 5.74) is 0.443. The maximum Gasteiger partial charge on any atom is 0.176 e. The maximum absolute atomic E-state index is 11.9. The molecule has 1 aromatic carbocycles. The van der Waals surface area contributed by atoms with E-state index in [9.17, 15) is 15.0 Å². The zero-order valence-electron chi connectivity index (χ0n) is 9.43. The average Bonchev–Trinajstić information content (AvgIpc) is 2.34. The van der Waals surface area contributed by atoms with Crippen LogP contribution in [-0.4, -0.2) is 52.0 Å². The molecule has 1 saturated heterocycles. The second kappa shape index (κ2) is 5.42. The fraction of sp³-hybridized carbons (Fsp3) is 0.417. The number of aromatic hydroxyl groups is 2. The highest BCUT2D eigenvalue weighted by molar-refractivity contribution is 7.99. The molecule has 1 aliphatic rings. The molecule has 1 heterocycles. The van der Waals surface area contributed by atoms with Gasteiger partial charge in [-0.15, -0.1) is 0 Å². The molecule has 0 aliphatic carbocycles. The fourth-order valence-corrected chi connectivity index (χ4v) is 2.73. The van der Waals surface area contributed by atoms with Crippen molar-refractivity contribution in [2.24, 2.45) is 0 Å².